The molecule has 13 nitrogen and oxygen atoms in total. The number of likely N-dealkylation sites (tertiary alicyclic amines) is 1. The number of likely N-dealkylation sites (N-methyl/N-ethyl adjacent to an activating group) is 1. The Balaban J connectivity index is 0.000000274. The van der Waals surface area contributed by atoms with E-state index in [9.17, 15) is 24.6 Å². The van der Waals surface area contributed by atoms with Crippen molar-refractivity contribution in [3.63, 3.8) is 0 Å². The van der Waals surface area contributed by atoms with Gasteiger partial charge < -0.3 is 50.5 Å². The number of benzene rings is 2. The molecule has 3 aliphatic heterocycles. The number of anilines is 2. The number of phenols is 1. The predicted molar refractivity (Wildman–Crippen MR) is 147 cm³/mol. The van der Waals surface area contributed by atoms with Crippen LogP contribution in [0.15, 0.2) is 36.4 Å². The van der Waals surface area contributed by atoms with Crippen LogP contribution in [0.25, 0.3) is 0 Å². The number of carbonyl (C=O) groups is 3. The first kappa shape index (κ1) is 28.2. The van der Waals surface area contributed by atoms with Crippen LogP contribution >= 0.6 is 0 Å². The molecule has 5 aliphatic rings. The summed E-state index contributed by atoms with van der Waals surface area (Å²) in [5.41, 5.74) is 2.46. The third-order valence-corrected chi connectivity index (χ3v) is 9.71. The Labute approximate surface area is 240 Å². The van der Waals surface area contributed by atoms with Crippen molar-refractivity contribution in [2.75, 3.05) is 30.4 Å². The molecule has 2 fully saturated rings. The van der Waals surface area contributed by atoms with Gasteiger partial charge in [-0.2, -0.15) is 0 Å². The van der Waals surface area contributed by atoms with E-state index in [0.717, 1.165) is 42.7 Å². The number of hydrogen-bond donors (Lipinski definition) is 7. The standard InChI is InChI=1S/C25H27N3O4.C4H6O6/c1-27-11-10-24-21-14-6-7-18(29)22(21)32-23(24)17(8-9-25(24,31)19(27)12-14)28-13-20(30)26-15-4-2-3-5-16(15)28;5-1(3(7)8)2(6)4(9)10/h2-7,17,19,23,29,31H,8-13H2,1H3,(H,26,30);1-2,5-6H,(H,7,8)(H,9,10)/t17-,19-,23+,24+,25?;/m1./s1. The number of fused-ring (bicyclic) bond motifs is 1. The van der Waals surface area contributed by atoms with Crippen molar-refractivity contribution in [1.29, 1.82) is 0 Å². The number of carbonyl (C=O) groups excluding carboxylic acids is 1. The number of para-hydroxylation sites is 2. The maximum absolute atomic E-state index is 12.6. The number of piperidine rings is 1. The van der Waals surface area contributed by atoms with E-state index in [1.807, 2.05) is 30.3 Å². The summed E-state index contributed by atoms with van der Waals surface area (Å²) < 4.78 is 6.62. The van der Waals surface area contributed by atoms with Crippen LogP contribution in [-0.2, 0) is 26.2 Å². The first-order valence-electron chi connectivity index (χ1n) is 13.8. The Morgan fingerprint density at radius 1 is 1.07 bits per heavy atom. The van der Waals surface area contributed by atoms with E-state index in [2.05, 4.69) is 22.2 Å². The second-order valence-electron chi connectivity index (χ2n) is 11.7. The number of ether oxygens (including phenoxy) is 1. The molecule has 0 aromatic heterocycles. The minimum absolute atomic E-state index is 0.0169. The number of phenolic OH excluding ortho intramolecular Hbond substituents is 1. The number of aliphatic carboxylic acids is 2. The van der Waals surface area contributed by atoms with Crippen LogP contribution in [-0.4, -0.2) is 110 Å². The number of amides is 1. The van der Waals surface area contributed by atoms with Crippen molar-refractivity contribution in [2.24, 2.45) is 0 Å². The first-order chi connectivity index (χ1) is 19.9. The molecule has 2 aliphatic carbocycles. The van der Waals surface area contributed by atoms with Crippen LogP contribution in [0.3, 0.4) is 0 Å². The Bertz CT molecular complexity index is 1450. The molecule has 1 saturated heterocycles. The molecule has 224 valence electrons. The van der Waals surface area contributed by atoms with E-state index < -0.39 is 35.2 Å². The molecule has 13 heteroatoms. The Morgan fingerprint density at radius 3 is 2.45 bits per heavy atom. The number of aliphatic hydroxyl groups is 3. The SMILES string of the molecule is CN1CC[C@]23c4c5ccc(O)c4O[C@H]2[C@H](N2CC(=O)Nc4ccccc42)CCC3(O)[C@H]1C5.O=C(O)C(O)C(O)C(=O)O. The van der Waals surface area contributed by atoms with Crippen LogP contribution < -0.4 is 15.0 Å². The first-order valence-corrected chi connectivity index (χ1v) is 13.8. The molecule has 1 spiro atoms. The van der Waals surface area contributed by atoms with Gasteiger partial charge in [-0.25, -0.2) is 9.59 Å². The highest BCUT2D eigenvalue weighted by Gasteiger charge is 2.73. The second kappa shape index (κ2) is 9.83. The second-order valence-corrected chi connectivity index (χ2v) is 11.7. The van der Waals surface area contributed by atoms with Crippen LogP contribution in [0.5, 0.6) is 11.5 Å². The predicted octanol–water partition coefficient (Wildman–Crippen LogP) is -0.119. The zero-order valence-electron chi connectivity index (χ0n) is 22.8. The third kappa shape index (κ3) is 3.87. The van der Waals surface area contributed by atoms with Gasteiger partial charge in [-0.15, -0.1) is 0 Å². The molecule has 0 radical (unpaired) electrons. The minimum atomic E-state index is -2.27. The van der Waals surface area contributed by atoms with E-state index in [1.165, 1.54) is 5.56 Å². The summed E-state index contributed by atoms with van der Waals surface area (Å²) in [6.07, 6.45) is -1.98. The Hall–Kier alpha value is -3.91. The minimum Gasteiger partial charge on any atom is -0.504 e. The van der Waals surface area contributed by atoms with Gasteiger partial charge in [0.05, 0.1) is 35.0 Å². The molecule has 1 amide bonds. The van der Waals surface area contributed by atoms with Crippen molar-refractivity contribution < 1.29 is 49.8 Å². The average Bonchev–Trinajstić information content (AvgIpc) is 3.31. The number of carboxylic acids is 2. The molecule has 7 N–H and O–H groups in total. The van der Waals surface area contributed by atoms with Crippen LogP contribution in [0.4, 0.5) is 11.4 Å². The fourth-order valence-electron chi connectivity index (χ4n) is 7.87. The molecule has 3 unspecified atom stereocenters. The highest BCUT2D eigenvalue weighted by Crippen LogP contribution is 2.66. The lowest BCUT2D eigenvalue weighted by Gasteiger charge is -2.64. The molecule has 3 heterocycles. The van der Waals surface area contributed by atoms with Gasteiger partial charge in [0, 0.05) is 11.6 Å². The molecule has 42 heavy (non-hydrogen) atoms. The third-order valence-electron chi connectivity index (χ3n) is 9.71. The number of hydrogen-bond acceptors (Lipinski definition) is 10. The largest absolute Gasteiger partial charge is 0.504 e. The summed E-state index contributed by atoms with van der Waals surface area (Å²) in [4.78, 5) is 36.6. The number of nitrogens with zero attached hydrogens (tertiary/aromatic N) is 2. The Kier molecular flexibility index (Phi) is 6.61. The lowest BCUT2D eigenvalue weighted by atomic mass is 9.48. The summed E-state index contributed by atoms with van der Waals surface area (Å²) in [7, 11) is 2.10. The van der Waals surface area contributed by atoms with Crippen molar-refractivity contribution in [3.05, 3.63) is 47.5 Å². The topological polar surface area (TPSA) is 200 Å². The number of rotatable bonds is 4. The van der Waals surface area contributed by atoms with Crippen LogP contribution in [0.1, 0.15) is 30.4 Å². The van der Waals surface area contributed by atoms with E-state index >= 15 is 0 Å². The van der Waals surface area contributed by atoms with E-state index in [0.29, 0.717) is 12.2 Å². The summed E-state index contributed by atoms with van der Waals surface area (Å²) in [6.45, 7) is 1.12. The summed E-state index contributed by atoms with van der Waals surface area (Å²) in [5.74, 6) is -2.89. The number of aromatic hydroxyl groups is 1. The van der Waals surface area contributed by atoms with Crippen molar-refractivity contribution in [2.45, 2.75) is 67.1 Å². The lowest BCUT2D eigenvalue weighted by Crippen LogP contribution is -2.78. The van der Waals surface area contributed by atoms with Gasteiger partial charge in [0.2, 0.25) is 5.91 Å². The van der Waals surface area contributed by atoms with Gasteiger partial charge in [0.25, 0.3) is 0 Å². The molecular weight excluding hydrogens is 550 g/mol. The van der Waals surface area contributed by atoms with Gasteiger partial charge >= 0.3 is 11.9 Å². The molecule has 7 rings (SSSR count). The fraction of sp³-hybridized carbons (Fsp3) is 0.483. The summed E-state index contributed by atoms with van der Waals surface area (Å²) in [5, 5.41) is 58.6. The van der Waals surface area contributed by atoms with E-state index in [4.69, 9.17) is 25.2 Å². The molecule has 2 aromatic carbocycles. The molecule has 2 aromatic rings. The summed E-state index contributed by atoms with van der Waals surface area (Å²) in [6, 6.07) is 11.5. The monoisotopic (exact) mass is 583 g/mol. The number of carboxylic acid groups (broad SMARTS) is 2. The van der Waals surface area contributed by atoms with Gasteiger partial charge in [-0.3, -0.25) is 4.79 Å². The number of aliphatic hydroxyl groups excluding tert-OH is 2. The molecule has 1 saturated carbocycles. The van der Waals surface area contributed by atoms with E-state index in [1.54, 1.807) is 6.07 Å². The van der Waals surface area contributed by atoms with Crippen molar-refractivity contribution in [1.82, 2.24) is 4.90 Å². The zero-order chi connectivity index (χ0) is 30.1. The van der Waals surface area contributed by atoms with E-state index in [-0.39, 0.29) is 36.4 Å². The highest BCUT2D eigenvalue weighted by atomic mass is 16.5. The smallest absolute Gasteiger partial charge is 0.335 e. The molecule has 7 atom stereocenters. The lowest BCUT2D eigenvalue weighted by molar-refractivity contribution is -0.184. The van der Waals surface area contributed by atoms with Crippen LogP contribution in [0, 0.1) is 0 Å². The number of nitrogens with one attached hydrogen (secondary N) is 1. The maximum atomic E-state index is 12.6. The van der Waals surface area contributed by atoms with Gasteiger partial charge in [0.1, 0.15) is 6.10 Å². The quantitative estimate of drug-likeness (QED) is 0.252. The Morgan fingerprint density at radius 2 is 1.76 bits per heavy atom. The van der Waals surface area contributed by atoms with Crippen molar-refractivity contribution in [3.8, 4) is 11.5 Å². The summed E-state index contributed by atoms with van der Waals surface area (Å²) >= 11 is 0. The van der Waals surface area contributed by atoms with Crippen molar-refractivity contribution >= 4 is 29.2 Å². The normalized spacial score (nSPS) is 31.8. The fourth-order valence-corrected chi connectivity index (χ4v) is 7.87. The molecular formula is C29H33N3O10. The molecule has 2 bridgehead atoms. The maximum Gasteiger partial charge on any atom is 0.335 e. The van der Waals surface area contributed by atoms with Crippen LogP contribution in [0.2, 0.25) is 0 Å². The average molecular weight is 584 g/mol. The van der Waals surface area contributed by atoms with Gasteiger partial charge in [-0.1, -0.05) is 18.2 Å². The van der Waals surface area contributed by atoms with Gasteiger partial charge in [0.15, 0.2) is 23.7 Å². The highest BCUT2D eigenvalue weighted by molar-refractivity contribution is 6.01. The van der Waals surface area contributed by atoms with Gasteiger partial charge in [-0.05, 0) is 63.0 Å². The zero-order valence-corrected chi connectivity index (χ0v) is 22.8.